The van der Waals surface area contributed by atoms with Gasteiger partial charge in [-0.05, 0) is 42.7 Å². The summed E-state index contributed by atoms with van der Waals surface area (Å²) in [6.45, 7) is 4.97. The number of hydrogen-bond acceptors (Lipinski definition) is 3. The van der Waals surface area contributed by atoms with Crippen LogP contribution in [0.25, 0.3) is 5.65 Å². The summed E-state index contributed by atoms with van der Waals surface area (Å²) in [6.07, 6.45) is 7.68. The number of benzene rings is 1. The molecule has 154 valence electrons. The molecule has 5 heteroatoms. The Bertz CT molecular complexity index is 943. The van der Waals surface area contributed by atoms with Gasteiger partial charge in [-0.1, -0.05) is 38.0 Å². The number of rotatable bonds is 9. The van der Waals surface area contributed by atoms with Crippen LogP contribution in [0.3, 0.4) is 0 Å². The number of amides is 1. The lowest BCUT2D eigenvalue weighted by Gasteiger charge is -2.19. The standard InChI is InChI=1S/C24H32N4O/c1-5-6-7-14-25-23(29)16-21(19-10-12-20(13-11-19)27(3)4)22-17-26-24-18(2)9-8-15-28(22)24/h8-13,15,17,21H,5-7,14,16H2,1-4H3,(H,25,29). The molecule has 2 aromatic heterocycles. The number of unbranched alkanes of at least 4 members (excludes halogenated alkanes) is 2. The van der Waals surface area contributed by atoms with Gasteiger partial charge in [-0.15, -0.1) is 0 Å². The van der Waals surface area contributed by atoms with Gasteiger partial charge in [-0.25, -0.2) is 4.98 Å². The third-order valence-electron chi connectivity index (χ3n) is 5.42. The zero-order chi connectivity index (χ0) is 20.8. The second kappa shape index (κ2) is 9.59. The van der Waals surface area contributed by atoms with Crippen molar-refractivity contribution in [1.29, 1.82) is 0 Å². The van der Waals surface area contributed by atoms with Gasteiger partial charge in [0.25, 0.3) is 0 Å². The molecule has 0 spiro atoms. The van der Waals surface area contributed by atoms with Crippen LogP contribution < -0.4 is 10.2 Å². The minimum absolute atomic E-state index is 0.0470. The number of carbonyl (C=O) groups is 1. The highest BCUT2D eigenvalue weighted by atomic mass is 16.1. The molecular formula is C24H32N4O. The molecule has 0 saturated heterocycles. The lowest BCUT2D eigenvalue weighted by molar-refractivity contribution is -0.121. The van der Waals surface area contributed by atoms with Crippen LogP contribution >= 0.6 is 0 Å². The van der Waals surface area contributed by atoms with Crippen LogP contribution in [0.4, 0.5) is 5.69 Å². The number of nitrogens with one attached hydrogen (secondary N) is 1. The molecule has 0 saturated carbocycles. The third kappa shape index (κ3) is 4.97. The van der Waals surface area contributed by atoms with Gasteiger partial charge in [0.05, 0.1) is 5.69 Å². The van der Waals surface area contributed by atoms with Crippen LogP contribution in [-0.4, -0.2) is 35.9 Å². The van der Waals surface area contributed by atoms with Crippen LogP contribution in [-0.2, 0) is 4.79 Å². The molecule has 0 radical (unpaired) electrons. The quantitative estimate of drug-likeness (QED) is 0.544. The molecule has 0 aliphatic heterocycles. The Balaban J connectivity index is 1.90. The number of aryl methyl sites for hydroxylation is 1. The maximum absolute atomic E-state index is 12.7. The number of nitrogens with zero attached hydrogens (tertiary/aromatic N) is 3. The molecule has 3 rings (SSSR count). The Kier molecular flexibility index (Phi) is 6.91. The fraction of sp³-hybridized carbons (Fsp3) is 0.417. The number of aromatic nitrogens is 2. The lowest BCUT2D eigenvalue weighted by atomic mass is 9.92. The van der Waals surface area contributed by atoms with Crippen molar-refractivity contribution in [2.75, 3.05) is 25.5 Å². The van der Waals surface area contributed by atoms with E-state index in [4.69, 9.17) is 0 Å². The molecule has 1 unspecified atom stereocenters. The van der Waals surface area contributed by atoms with Crippen LogP contribution in [0.2, 0.25) is 0 Å². The minimum atomic E-state index is -0.0470. The summed E-state index contributed by atoms with van der Waals surface area (Å²) in [5.74, 6) is 0.0413. The molecule has 0 aliphatic rings. The molecule has 0 bridgehead atoms. The summed E-state index contributed by atoms with van der Waals surface area (Å²) in [5.41, 5.74) is 5.39. The Morgan fingerprint density at radius 2 is 1.93 bits per heavy atom. The van der Waals surface area contributed by atoms with E-state index in [-0.39, 0.29) is 11.8 Å². The van der Waals surface area contributed by atoms with E-state index in [1.165, 1.54) is 0 Å². The van der Waals surface area contributed by atoms with E-state index < -0.39 is 0 Å². The number of imidazole rings is 1. The van der Waals surface area contributed by atoms with Gasteiger partial charge in [-0.2, -0.15) is 0 Å². The average molecular weight is 393 g/mol. The van der Waals surface area contributed by atoms with Crippen molar-refractivity contribution in [3.63, 3.8) is 0 Å². The highest BCUT2D eigenvalue weighted by molar-refractivity contribution is 5.77. The number of anilines is 1. The first-order valence-corrected chi connectivity index (χ1v) is 10.5. The smallest absolute Gasteiger partial charge is 0.221 e. The number of carbonyl (C=O) groups excluding carboxylic acids is 1. The van der Waals surface area contributed by atoms with Crippen molar-refractivity contribution in [3.8, 4) is 0 Å². The zero-order valence-electron chi connectivity index (χ0n) is 18.0. The molecule has 1 atom stereocenters. The van der Waals surface area contributed by atoms with Gasteiger partial charge in [0.15, 0.2) is 0 Å². The van der Waals surface area contributed by atoms with Gasteiger partial charge >= 0.3 is 0 Å². The van der Waals surface area contributed by atoms with Crippen molar-refractivity contribution in [2.45, 2.75) is 45.4 Å². The number of pyridine rings is 1. The topological polar surface area (TPSA) is 49.6 Å². The van der Waals surface area contributed by atoms with Crippen molar-refractivity contribution in [3.05, 3.63) is 65.6 Å². The lowest BCUT2D eigenvalue weighted by Crippen LogP contribution is -2.26. The van der Waals surface area contributed by atoms with Crippen molar-refractivity contribution < 1.29 is 4.79 Å². The van der Waals surface area contributed by atoms with Crippen LogP contribution in [0.15, 0.2) is 48.8 Å². The average Bonchev–Trinajstić information content (AvgIpc) is 3.15. The van der Waals surface area contributed by atoms with E-state index in [1.807, 2.05) is 32.6 Å². The Morgan fingerprint density at radius 1 is 1.17 bits per heavy atom. The summed E-state index contributed by atoms with van der Waals surface area (Å²) in [7, 11) is 4.06. The summed E-state index contributed by atoms with van der Waals surface area (Å²) >= 11 is 0. The first kappa shape index (κ1) is 20.9. The van der Waals surface area contributed by atoms with E-state index in [0.29, 0.717) is 6.42 Å². The monoisotopic (exact) mass is 392 g/mol. The van der Waals surface area contributed by atoms with Crippen molar-refractivity contribution in [1.82, 2.24) is 14.7 Å². The van der Waals surface area contributed by atoms with E-state index in [9.17, 15) is 4.79 Å². The Labute approximate surface area is 173 Å². The van der Waals surface area contributed by atoms with E-state index in [0.717, 1.165) is 54.0 Å². The fourth-order valence-electron chi connectivity index (χ4n) is 3.69. The predicted octanol–water partition coefficient (Wildman–Crippen LogP) is 4.54. The maximum atomic E-state index is 12.7. The first-order valence-electron chi connectivity index (χ1n) is 10.5. The molecule has 2 heterocycles. The second-order valence-corrected chi connectivity index (χ2v) is 7.87. The molecule has 5 nitrogen and oxygen atoms in total. The molecule has 29 heavy (non-hydrogen) atoms. The van der Waals surface area contributed by atoms with Crippen molar-refractivity contribution in [2.24, 2.45) is 0 Å². The molecule has 1 amide bonds. The van der Waals surface area contributed by atoms with Gasteiger partial charge in [-0.3, -0.25) is 4.79 Å². The SMILES string of the molecule is CCCCCNC(=O)CC(c1ccc(N(C)C)cc1)c1cnc2c(C)cccn12. The third-order valence-corrected chi connectivity index (χ3v) is 5.42. The maximum Gasteiger partial charge on any atom is 0.221 e. The van der Waals surface area contributed by atoms with Gasteiger partial charge in [0.1, 0.15) is 5.65 Å². The first-order chi connectivity index (χ1) is 14.0. The zero-order valence-corrected chi connectivity index (χ0v) is 18.0. The Morgan fingerprint density at radius 3 is 2.62 bits per heavy atom. The van der Waals surface area contributed by atoms with E-state index in [1.54, 1.807) is 0 Å². The van der Waals surface area contributed by atoms with Crippen molar-refractivity contribution >= 4 is 17.2 Å². The molecule has 1 N–H and O–H groups in total. The van der Waals surface area contributed by atoms with Crippen LogP contribution in [0, 0.1) is 6.92 Å². The summed E-state index contributed by atoms with van der Waals surface area (Å²) in [4.78, 5) is 19.4. The number of hydrogen-bond donors (Lipinski definition) is 1. The van der Waals surface area contributed by atoms with Gasteiger partial charge in [0.2, 0.25) is 5.91 Å². The van der Waals surface area contributed by atoms with Crippen LogP contribution in [0.5, 0.6) is 0 Å². The molecule has 3 aromatic rings. The van der Waals surface area contributed by atoms with E-state index >= 15 is 0 Å². The molecular weight excluding hydrogens is 360 g/mol. The number of fused-ring (bicyclic) bond motifs is 1. The second-order valence-electron chi connectivity index (χ2n) is 7.87. The fourth-order valence-corrected chi connectivity index (χ4v) is 3.69. The highest BCUT2D eigenvalue weighted by Crippen LogP contribution is 2.30. The van der Waals surface area contributed by atoms with Gasteiger partial charge < -0.3 is 14.6 Å². The highest BCUT2D eigenvalue weighted by Gasteiger charge is 2.22. The van der Waals surface area contributed by atoms with Crippen LogP contribution in [0.1, 0.15) is 55.3 Å². The molecule has 1 aromatic carbocycles. The predicted molar refractivity (Wildman–Crippen MR) is 120 cm³/mol. The normalized spacial score (nSPS) is 12.1. The summed E-state index contributed by atoms with van der Waals surface area (Å²) in [5, 5.41) is 3.09. The summed E-state index contributed by atoms with van der Waals surface area (Å²) < 4.78 is 2.12. The molecule has 0 aliphatic carbocycles. The molecule has 0 fully saturated rings. The van der Waals surface area contributed by atoms with Gasteiger partial charge in [0, 0.05) is 51.1 Å². The Hall–Kier alpha value is -2.82. The summed E-state index contributed by atoms with van der Waals surface area (Å²) in [6, 6.07) is 12.6. The largest absolute Gasteiger partial charge is 0.378 e. The van der Waals surface area contributed by atoms with E-state index in [2.05, 4.69) is 63.8 Å². The minimum Gasteiger partial charge on any atom is -0.378 e.